The fourth-order valence-electron chi connectivity index (χ4n) is 4.37. The van der Waals surface area contributed by atoms with E-state index in [-0.39, 0.29) is 24.4 Å². The maximum absolute atomic E-state index is 15.0. The Morgan fingerprint density at radius 1 is 1.12 bits per heavy atom. The van der Waals surface area contributed by atoms with E-state index in [1.165, 1.54) is 0 Å². The lowest BCUT2D eigenvalue weighted by Gasteiger charge is -2.30. The summed E-state index contributed by atoms with van der Waals surface area (Å²) in [4.78, 5) is 13.2. The van der Waals surface area contributed by atoms with E-state index in [0.717, 1.165) is 28.6 Å². The van der Waals surface area contributed by atoms with Gasteiger partial charge in [0.25, 0.3) is 10.1 Å². The SMILES string of the molecule is CS(=O)(=O)OCC1CN(c2cc(F)c(C3CCP(=O)(c4ccccc4)CC3)c(F)c2)C(=O)O1. The Kier molecular flexibility index (Phi) is 6.62. The van der Waals surface area contributed by atoms with Crippen LogP contribution in [0.1, 0.15) is 24.3 Å². The van der Waals surface area contributed by atoms with Crippen LogP contribution in [-0.4, -0.2) is 52.3 Å². The Labute approximate surface area is 191 Å². The minimum Gasteiger partial charge on any atom is -0.441 e. The highest BCUT2D eigenvalue weighted by Crippen LogP contribution is 2.53. The molecule has 1 atom stereocenters. The van der Waals surface area contributed by atoms with Gasteiger partial charge in [-0.3, -0.25) is 9.08 Å². The van der Waals surface area contributed by atoms with Crippen LogP contribution in [0.2, 0.25) is 0 Å². The zero-order valence-electron chi connectivity index (χ0n) is 17.9. The minimum absolute atomic E-state index is 0.0219. The van der Waals surface area contributed by atoms with E-state index in [9.17, 15) is 17.8 Å². The molecule has 2 aliphatic heterocycles. The van der Waals surface area contributed by atoms with Gasteiger partial charge < -0.3 is 9.30 Å². The molecule has 11 heteroatoms. The first kappa shape index (κ1) is 23.9. The standard InChI is InChI=1S/C22H24F2NO6PS/c1-33(28,29)30-14-17-13-25(22(26)31-17)16-11-19(23)21(20(24)12-16)15-7-9-32(27,10-8-15)18-5-3-2-4-6-18/h2-6,11-12,15,17H,7-10,13-14H2,1H3. The summed E-state index contributed by atoms with van der Waals surface area (Å²) < 4.78 is 75.2. The van der Waals surface area contributed by atoms with Gasteiger partial charge in [0, 0.05) is 23.2 Å². The van der Waals surface area contributed by atoms with Gasteiger partial charge in [0.1, 0.15) is 31.5 Å². The Hall–Kier alpha value is -2.29. The van der Waals surface area contributed by atoms with Crippen molar-refractivity contribution in [3.63, 3.8) is 0 Å². The van der Waals surface area contributed by atoms with Gasteiger partial charge in [0.2, 0.25) is 0 Å². The summed E-state index contributed by atoms with van der Waals surface area (Å²) in [6.07, 6.45) is 0.695. The van der Waals surface area contributed by atoms with E-state index in [1.54, 1.807) is 0 Å². The van der Waals surface area contributed by atoms with E-state index in [4.69, 9.17) is 4.74 Å². The second kappa shape index (κ2) is 9.16. The molecule has 0 spiro atoms. The van der Waals surface area contributed by atoms with Gasteiger partial charge >= 0.3 is 6.09 Å². The number of cyclic esters (lactones) is 1. The van der Waals surface area contributed by atoms with Gasteiger partial charge in [-0.25, -0.2) is 13.6 Å². The Bertz CT molecular complexity index is 1170. The summed E-state index contributed by atoms with van der Waals surface area (Å²) in [6.45, 7) is -0.482. The first-order valence-corrected chi connectivity index (χ1v) is 14.4. The largest absolute Gasteiger partial charge is 0.441 e. The fraction of sp³-hybridized carbons (Fsp3) is 0.409. The van der Waals surface area contributed by atoms with Gasteiger partial charge in [0.05, 0.1) is 18.5 Å². The number of benzene rings is 2. The Morgan fingerprint density at radius 2 is 1.73 bits per heavy atom. The summed E-state index contributed by atoms with van der Waals surface area (Å²) >= 11 is 0. The van der Waals surface area contributed by atoms with Crippen LogP contribution in [0.3, 0.4) is 0 Å². The molecule has 0 aliphatic carbocycles. The number of amides is 1. The highest BCUT2D eigenvalue weighted by atomic mass is 32.2. The van der Waals surface area contributed by atoms with Crippen molar-refractivity contribution in [3.8, 4) is 0 Å². The predicted octanol–water partition coefficient (Wildman–Crippen LogP) is 3.83. The number of anilines is 1. The van der Waals surface area contributed by atoms with E-state index >= 15 is 8.78 Å². The third-order valence-corrected chi connectivity index (χ3v) is 9.79. The summed E-state index contributed by atoms with van der Waals surface area (Å²) in [5.41, 5.74) is -0.0889. The molecule has 4 rings (SSSR count). The molecule has 1 unspecified atom stereocenters. The number of halogens is 2. The number of hydrogen-bond acceptors (Lipinski definition) is 6. The fourth-order valence-corrected chi connectivity index (χ4v) is 7.68. The van der Waals surface area contributed by atoms with Crippen LogP contribution < -0.4 is 10.2 Å². The summed E-state index contributed by atoms with van der Waals surface area (Å²) in [6, 6.07) is 11.3. The molecule has 2 fully saturated rings. The molecule has 2 aliphatic rings. The lowest BCUT2D eigenvalue weighted by Crippen LogP contribution is -2.27. The van der Waals surface area contributed by atoms with Gasteiger partial charge in [0.15, 0.2) is 0 Å². The Morgan fingerprint density at radius 3 is 2.30 bits per heavy atom. The van der Waals surface area contributed by atoms with Crippen molar-refractivity contribution in [2.45, 2.75) is 24.9 Å². The predicted molar refractivity (Wildman–Crippen MR) is 120 cm³/mol. The monoisotopic (exact) mass is 499 g/mol. The lowest BCUT2D eigenvalue weighted by atomic mass is 9.92. The van der Waals surface area contributed by atoms with E-state index in [2.05, 4.69) is 4.18 Å². The second-order valence-corrected chi connectivity index (χ2v) is 13.2. The average Bonchev–Trinajstić information content (AvgIpc) is 3.14. The Balaban J connectivity index is 1.47. The van der Waals surface area contributed by atoms with Crippen molar-refractivity contribution in [2.75, 3.05) is 36.6 Å². The molecule has 0 saturated carbocycles. The maximum atomic E-state index is 15.0. The van der Waals surface area contributed by atoms with E-state index in [0.29, 0.717) is 25.2 Å². The van der Waals surface area contributed by atoms with Crippen molar-refractivity contribution in [2.24, 2.45) is 0 Å². The second-order valence-electron chi connectivity index (χ2n) is 8.37. The quantitative estimate of drug-likeness (QED) is 0.443. The van der Waals surface area contributed by atoms with Crippen molar-refractivity contribution in [3.05, 3.63) is 59.7 Å². The molecule has 2 aromatic rings. The average molecular weight is 499 g/mol. The third-order valence-electron chi connectivity index (χ3n) is 6.03. The number of rotatable bonds is 6. The van der Waals surface area contributed by atoms with Crippen LogP contribution in [0.4, 0.5) is 19.3 Å². The van der Waals surface area contributed by atoms with E-state index < -0.39 is 47.0 Å². The summed E-state index contributed by atoms with van der Waals surface area (Å²) in [7, 11) is -6.30. The lowest BCUT2D eigenvalue weighted by molar-refractivity contribution is 0.107. The van der Waals surface area contributed by atoms with Crippen molar-refractivity contribution in [1.29, 1.82) is 0 Å². The van der Waals surface area contributed by atoms with Crippen LogP contribution in [0, 0.1) is 11.6 Å². The van der Waals surface area contributed by atoms with Gasteiger partial charge in [-0.15, -0.1) is 0 Å². The first-order chi connectivity index (χ1) is 15.6. The molecular weight excluding hydrogens is 475 g/mol. The number of nitrogens with zero attached hydrogens (tertiary/aromatic N) is 1. The molecular formula is C22H24F2NO6PS. The van der Waals surface area contributed by atoms with Gasteiger partial charge in [-0.05, 0) is 30.9 Å². The first-order valence-electron chi connectivity index (χ1n) is 10.5. The third kappa shape index (κ3) is 5.28. The normalized spacial score (nSPS) is 25.8. The molecule has 2 aromatic carbocycles. The molecule has 0 radical (unpaired) electrons. The number of carbonyl (C=O) groups is 1. The van der Waals surface area contributed by atoms with Crippen LogP contribution in [0.25, 0.3) is 0 Å². The van der Waals surface area contributed by atoms with E-state index in [1.807, 2.05) is 30.3 Å². The number of ether oxygens (including phenoxy) is 1. The molecule has 33 heavy (non-hydrogen) atoms. The van der Waals surface area contributed by atoms with Crippen molar-refractivity contribution < 1.29 is 35.5 Å². The molecule has 0 aromatic heterocycles. The van der Waals surface area contributed by atoms with Crippen molar-refractivity contribution in [1.82, 2.24) is 0 Å². The topological polar surface area (TPSA) is 90.0 Å². The van der Waals surface area contributed by atoms with Crippen molar-refractivity contribution >= 4 is 34.3 Å². The van der Waals surface area contributed by atoms with Crippen LogP contribution in [0.15, 0.2) is 42.5 Å². The molecule has 0 bridgehead atoms. The number of hydrogen-bond donors (Lipinski definition) is 0. The molecule has 178 valence electrons. The molecule has 2 saturated heterocycles. The zero-order valence-corrected chi connectivity index (χ0v) is 19.7. The minimum atomic E-state index is -3.72. The highest BCUT2D eigenvalue weighted by molar-refractivity contribution is 7.86. The highest BCUT2D eigenvalue weighted by Gasteiger charge is 2.37. The zero-order chi connectivity index (χ0) is 23.8. The van der Waals surface area contributed by atoms with Gasteiger partial charge in [-0.2, -0.15) is 8.42 Å². The van der Waals surface area contributed by atoms with Crippen LogP contribution >= 0.6 is 7.14 Å². The number of carbonyl (C=O) groups excluding carboxylic acids is 1. The summed E-state index contributed by atoms with van der Waals surface area (Å²) in [5, 5.41) is 0.793. The molecule has 2 heterocycles. The summed E-state index contributed by atoms with van der Waals surface area (Å²) in [5.74, 6) is -1.98. The molecule has 1 amide bonds. The smallest absolute Gasteiger partial charge is 0.414 e. The molecule has 0 N–H and O–H groups in total. The van der Waals surface area contributed by atoms with Crippen LogP contribution in [-0.2, 0) is 23.6 Å². The van der Waals surface area contributed by atoms with Crippen LogP contribution in [0.5, 0.6) is 0 Å². The maximum Gasteiger partial charge on any atom is 0.414 e. The van der Waals surface area contributed by atoms with Gasteiger partial charge in [-0.1, -0.05) is 30.3 Å². The molecule has 7 nitrogen and oxygen atoms in total.